The standard InChI is InChI=1S/C42H88BrP/c1-5-9-11-13-15-17-19-21-23-25-27-29-31-33-35-37-41-44(43,39-7-3,40-8-4)42-38-36-34-32-30-28-26-24-22-20-18-16-14-12-10-6-2/h5-42H2,1-4H3. The second kappa shape index (κ2) is 33.8. The van der Waals surface area contributed by atoms with Gasteiger partial charge in [0, 0.05) is 0 Å². The maximum atomic E-state index is 4.63. The average Bonchev–Trinajstić information content (AvgIpc) is 3.01. The predicted molar refractivity (Wildman–Crippen MR) is 215 cm³/mol. The molecular formula is C42H88BrP. The predicted octanol–water partition coefficient (Wildman–Crippen LogP) is 17.2. The average molecular weight is 704 g/mol. The third kappa shape index (κ3) is 29.1. The summed E-state index contributed by atoms with van der Waals surface area (Å²) in [6.07, 6.45) is 55.9. The molecule has 0 aromatic rings. The SMILES string of the molecule is CCCCCCCCCCCCCCCCCCP(Br)(CCC)(CCC)CCCCCCCCCCCCCCCCCC. The van der Waals surface area contributed by atoms with Crippen molar-refractivity contribution in [3.05, 3.63) is 0 Å². The van der Waals surface area contributed by atoms with E-state index in [1.165, 1.54) is 243 Å². The van der Waals surface area contributed by atoms with Crippen molar-refractivity contribution in [2.24, 2.45) is 0 Å². The molecule has 0 fully saturated rings. The zero-order valence-electron chi connectivity index (χ0n) is 31.7. The van der Waals surface area contributed by atoms with Crippen LogP contribution in [0.15, 0.2) is 0 Å². The Morgan fingerprint density at radius 3 is 0.591 bits per heavy atom. The minimum absolute atomic E-state index is 1.37. The molecule has 0 atom stereocenters. The Hall–Kier alpha value is 0.910. The third-order valence-electron chi connectivity index (χ3n) is 10.7. The first-order valence-electron chi connectivity index (χ1n) is 21.3. The quantitative estimate of drug-likeness (QED) is 0.0444. The minimum Gasteiger partial charge on any atom is -0.0654 e. The Morgan fingerprint density at radius 2 is 0.409 bits per heavy atom. The van der Waals surface area contributed by atoms with Gasteiger partial charge < -0.3 is 0 Å². The Bertz CT molecular complexity index is 500. The van der Waals surface area contributed by atoms with E-state index in [4.69, 9.17) is 0 Å². The maximum absolute atomic E-state index is 4.63. The summed E-state index contributed by atoms with van der Waals surface area (Å²) in [5.41, 5.74) is 0. The zero-order chi connectivity index (χ0) is 32.3. The van der Waals surface area contributed by atoms with Gasteiger partial charge in [-0.25, -0.2) is 0 Å². The number of unbranched alkanes of at least 4 members (excludes halogenated alkanes) is 30. The van der Waals surface area contributed by atoms with Crippen LogP contribution in [0.2, 0.25) is 0 Å². The van der Waals surface area contributed by atoms with Crippen molar-refractivity contribution >= 4 is 20.8 Å². The molecule has 0 aliphatic carbocycles. The molecule has 0 radical (unpaired) electrons. The molecule has 0 rings (SSSR count). The van der Waals surface area contributed by atoms with E-state index in [1.54, 1.807) is 0 Å². The second-order valence-corrected chi connectivity index (χ2v) is 26.8. The molecule has 0 unspecified atom stereocenters. The van der Waals surface area contributed by atoms with Crippen LogP contribution < -0.4 is 0 Å². The van der Waals surface area contributed by atoms with Crippen LogP contribution in [-0.2, 0) is 0 Å². The molecule has 268 valence electrons. The molecule has 0 bridgehead atoms. The summed E-state index contributed by atoms with van der Waals surface area (Å²) < 4.78 is 0. The number of rotatable bonds is 38. The van der Waals surface area contributed by atoms with E-state index in [-0.39, 0.29) is 0 Å². The van der Waals surface area contributed by atoms with E-state index < -0.39 is 5.31 Å². The summed E-state index contributed by atoms with van der Waals surface area (Å²) >= 11 is 4.63. The molecule has 0 spiro atoms. The van der Waals surface area contributed by atoms with Gasteiger partial charge in [0.2, 0.25) is 0 Å². The molecule has 0 saturated heterocycles. The monoisotopic (exact) mass is 703 g/mol. The third-order valence-corrected chi connectivity index (χ3v) is 21.0. The van der Waals surface area contributed by atoms with Gasteiger partial charge in [-0.3, -0.25) is 0 Å². The van der Waals surface area contributed by atoms with E-state index in [0.29, 0.717) is 0 Å². The number of hydrogen-bond donors (Lipinski definition) is 0. The molecule has 0 aliphatic rings. The van der Waals surface area contributed by atoms with Gasteiger partial charge in [-0.1, -0.05) is 78.1 Å². The molecule has 0 N–H and O–H groups in total. The number of hydrogen-bond acceptors (Lipinski definition) is 0. The van der Waals surface area contributed by atoms with Crippen LogP contribution in [0.25, 0.3) is 0 Å². The second-order valence-electron chi connectivity index (χ2n) is 15.3. The van der Waals surface area contributed by atoms with Gasteiger partial charge in [-0.15, -0.1) is 0 Å². The van der Waals surface area contributed by atoms with Crippen LogP contribution >= 0.6 is 20.8 Å². The topological polar surface area (TPSA) is 0 Å². The van der Waals surface area contributed by atoms with E-state index in [2.05, 4.69) is 43.2 Å². The molecule has 0 amide bonds. The van der Waals surface area contributed by atoms with E-state index in [9.17, 15) is 0 Å². The van der Waals surface area contributed by atoms with Crippen LogP contribution in [-0.4, -0.2) is 24.6 Å². The fourth-order valence-electron chi connectivity index (χ4n) is 7.90. The molecule has 2 heteroatoms. The molecule has 44 heavy (non-hydrogen) atoms. The molecule has 0 aliphatic heterocycles. The Balaban J connectivity index is 3.87. The summed E-state index contributed by atoms with van der Waals surface area (Å²) in [6, 6.07) is 0. The van der Waals surface area contributed by atoms with Gasteiger partial charge in [0.05, 0.1) is 0 Å². The van der Waals surface area contributed by atoms with E-state index in [1.807, 2.05) is 0 Å². The first-order valence-corrected chi connectivity index (χ1v) is 26.3. The molecule has 0 aromatic heterocycles. The summed E-state index contributed by atoms with van der Waals surface area (Å²) in [7, 11) is 0. The zero-order valence-corrected chi connectivity index (χ0v) is 34.2. The van der Waals surface area contributed by atoms with Crippen molar-refractivity contribution in [3.63, 3.8) is 0 Å². The Kier molecular flexibility index (Phi) is 34.5. The minimum atomic E-state index is -1.69. The number of halogens is 1. The normalized spacial score (nSPS) is 13.0. The Labute approximate surface area is 290 Å². The van der Waals surface area contributed by atoms with Crippen molar-refractivity contribution in [3.8, 4) is 0 Å². The van der Waals surface area contributed by atoms with Crippen LogP contribution in [0, 0.1) is 0 Å². The van der Waals surface area contributed by atoms with Gasteiger partial charge in [0.1, 0.15) is 0 Å². The summed E-state index contributed by atoms with van der Waals surface area (Å²) in [4.78, 5) is 0. The van der Waals surface area contributed by atoms with Gasteiger partial charge >= 0.3 is 213 Å². The smallest absolute Gasteiger partial charge is 0.0654 e. The van der Waals surface area contributed by atoms with Crippen molar-refractivity contribution in [2.45, 2.75) is 246 Å². The van der Waals surface area contributed by atoms with E-state index >= 15 is 0 Å². The Morgan fingerprint density at radius 1 is 0.227 bits per heavy atom. The fraction of sp³-hybridized carbons (Fsp3) is 1.00. The molecule has 0 saturated carbocycles. The van der Waals surface area contributed by atoms with Crippen LogP contribution in [0.3, 0.4) is 0 Å². The summed E-state index contributed by atoms with van der Waals surface area (Å²) in [6.45, 7) is 9.52. The first kappa shape index (κ1) is 44.9. The van der Waals surface area contributed by atoms with Crippen molar-refractivity contribution in [2.75, 3.05) is 24.6 Å². The van der Waals surface area contributed by atoms with Crippen molar-refractivity contribution in [1.82, 2.24) is 0 Å². The molecule has 0 heterocycles. The van der Waals surface area contributed by atoms with Gasteiger partial charge in [-0.2, -0.15) is 0 Å². The molecular weight excluding hydrogens is 615 g/mol. The van der Waals surface area contributed by atoms with Crippen LogP contribution in [0.5, 0.6) is 0 Å². The van der Waals surface area contributed by atoms with E-state index in [0.717, 1.165) is 0 Å². The van der Waals surface area contributed by atoms with Crippen molar-refractivity contribution in [1.29, 1.82) is 0 Å². The van der Waals surface area contributed by atoms with Gasteiger partial charge in [0.15, 0.2) is 0 Å². The summed E-state index contributed by atoms with van der Waals surface area (Å²) in [5, 5.41) is -1.69. The fourth-order valence-corrected chi connectivity index (χ4v) is 17.1. The summed E-state index contributed by atoms with van der Waals surface area (Å²) in [5.74, 6) is 0. The van der Waals surface area contributed by atoms with Crippen molar-refractivity contribution < 1.29 is 0 Å². The van der Waals surface area contributed by atoms with Gasteiger partial charge in [-0.05, 0) is 0 Å². The molecule has 0 aromatic carbocycles. The van der Waals surface area contributed by atoms with Gasteiger partial charge in [0.25, 0.3) is 0 Å². The first-order chi connectivity index (χ1) is 21.5. The van der Waals surface area contributed by atoms with Crippen LogP contribution in [0.1, 0.15) is 246 Å². The van der Waals surface area contributed by atoms with Crippen LogP contribution in [0.4, 0.5) is 0 Å². The molecule has 0 nitrogen and oxygen atoms in total.